The van der Waals surface area contributed by atoms with E-state index >= 15 is 0 Å². The highest BCUT2D eigenvalue weighted by molar-refractivity contribution is 7.12. The first kappa shape index (κ1) is 13.7. The van der Waals surface area contributed by atoms with Gasteiger partial charge in [0.15, 0.2) is 0 Å². The van der Waals surface area contributed by atoms with Crippen LogP contribution in [0, 0.1) is 0 Å². The van der Waals surface area contributed by atoms with Gasteiger partial charge >= 0.3 is 0 Å². The van der Waals surface area contributed by atoms with Crippen LogP contribution in [-0.4, -0.2) is 35.0 Å². The molecule has 114 valence electrons. The number of amides is 1. The molecule has 1 amide bonds. The van der Waals surface area contributed by atoms with E-state index in [0.717, 1.165) is 43.0 Å². The van der Waals surface area contributed by atoms with E-state index < -0.39 is 0 Å². The Hall–Kier alpha value is -1.95. The Morgan fingerprint density at radius 2 is 2.32 bits per heavy atom. The Labute approximate surface area is 133 Å². The minimum Gasteiger partial charge on any atom is -0.354 e. The van der Waals surface area contributed by atoms with Crippen LogP contribution in [0.2, 0.25) is 0 Å². The summed E-state index contributed by atoms with van der Waals surface area (Å²) in [6.07, 6.45) is 5.96. The molecule has 6 heteroatoms. The van der Waals surface area contributed by atoms with E-state index in [4.69, 9.17) is 0 Å². The molecule has 0 unspecified atom stereocenters. The van der Waals surface area contributed by atoms with Gasteiger partial charge in [-0.05, 0) is 37.1 Å². The molecule has 0 spiro atoms. The van der Waals surface area contributed by atoms with Crippen molar-refractivity contribution < 1.29 is 4.79 Å². The third kappa shape index (κ3) is 2.47. The monoisotopic (exact) mass is 314 g/mol. The van der Waals surface area contributed by atoms with Gasteiger partial charge in [-0.2, -0.15) is 0 Å². The van der Waals surface area contributed by atoms with Gasteiger partial charge in [-0.3, -0.25) is 4.79 Å². The molecule has 2 aliphatic rings. The van der Waals surface area contributed by atoms with Crippen molar-refractivity contribution in [2.75, 3.05) is 18.0 Å². The summed E-state index contributed by atoms with van der Waals surface area (Å²) in [5, 5.41) is 5.07. The van der Waals surface area contributed by atoms with Gasteiger partial charge in [0.25, 0.3) is 5.91 Å². The summed E-state index contributed by atoms with van der Waals surface area (Å²) >= 11 is 1.48. The summed E-state index contributed by atoms with van der Waals surface area (Å²) < 4.78 is 0. The second kappa shape index (κ2) is 5.68. The second-order valence-corrected chi connectivity index (χ2v) is 6.81. The first-order valence-electron chi connectivity index (χ1n) is 7.73. The first-order chi connectivity index (χ1) is 10.8. The molecule has 1 saturated heterocycles. The highest BCUT2D eigenvalue weighted by atomic mass is 32.1. The molecule has 1 N–H and O–H groups in total. The van der Waals surface area contributed by atoms with Crippen LogP contribution in [0.15, 0.2) is 23.8 Å². The SMILES string of the molecule is O=C(N[C@@H]1CCN(c2ncnc3c2CCC3)C1)c1cccs1. The number of aryl methyl sites for hydroxylation is 1. The molecule has 0 aromatic carbocycles. The zero-order chi connectivity index (χ0) is 14.9. The summed E-state index contributed by atoms with van der Waals surface area (Å²) in [7, 11) is 0. The predicted octanol–water partition coefficient (Wildman–Crippen LogP) is 2.04. The Morgan fingerprint density at radius 3 is 3.18 bits per heavy atom. The van der Waals surface area contributed by atoms with Gasteiger partial charge in [0.2, 0.25) is 0 Å². The fourth-order valence-corrected chi connectivity index (χ4v) is 3.98. The molecule has 2 aromatic heterocycles. The number of thiophene rings is 1. The zero-order valence-electron chi connectivity index (χ0n) is 12.3. The molecule has 3 heterocycles. The molecule has 0 saturated carbocycles. The predicted molar refractivity (Wildman–Crippen MR) is 86.5 cm³/mol. The average Bonchev–Trinajstić information content (AvgIpc) is 3.27. The number of carbonyl (C=O) groups excluding carboxylic acids is 1. The van der Waals surface area contributed by atoms with E-state index in [1.165, 1.54) is 29.0 Å². The van der Waals surface area contributed by atoms with Crippen molar-refractivity contribution in [2.24, 2.45) is 0 Å². The Bertz CT molecular complexity index is 685. The average molecular weight is 314 g/mol. The fourth-order valence-electron chi connectivity index (χ4n) is 3.35. The number of nitrogens with zero attached hydrogens (tertiary/aromatic N) is 3. The third-order valence-electron chi connectivity index (χ3n) is 4.42. The minimum absolute atomic E-state index is 0.0368. The molecule has 1 fully saturated rings. The highest BCUT2D eigenvalue weighted by Gasteiger charge is 2.28. The lowest BCUT2D eigenvalue weighted by molar-refractivity contribution is 0.0944. The van der Waals surface area contributed by atoms with Crippen molar-refractivity contribution in [3.8, 4) is 0 Å². The minimum atomic E-state index is 0.0368. The summed E-state index contributed by atoms with van der Waals surface area (Å²) in [6, 6.07) is 3.97. The fraction of sp³-hybridized carbons (Fsp3) is 0.438. The molecular formula is C16H18N4OS. The van der Waals surface area contributed by atoms with Crippen molar-refractivity contribution in [2.45, 2.75) is 31.7 Å². The van der Waals surface area contributed by atoms with Crippen LogP contribution < -0.4 is 10.2 Å². The van der Waals surface area contributed by atoms with Gasteiger partial charge in [-0.15, -0.1) is 11.3 Å². The summed E-state index contributed by atoms with van der Waals surface area (Å²) in [5.41, 5.74) is 2.52. The molecule has 0 radical (unpaired) electrons. The number of carbonyl (C=O) groups is 1. The molecule has 2 aromatic rings. The van der Waals surface area contributed by atoms with Crippen molar-refractivity contribution in [1.82, 2.24) is 15.3 Å². The molecule has 1 aliphatic carbocycles. The molecule has 1 aliphatic heterocycles. The van der Waals surface area contributed by atoms with Crippen LogP contribution >= 0.6 is 11.3 Å². The van der Waals surface area contributed by atoms with Gasteiger partial charge < -0.3 is 10.2 Å². The maximum Gasteiger partial charge on any atom is 0.261 e. The van der Waals surface area contributed by atoms with Crippen molar-refractivity contribution in [1.29, 1.82) is 0 Å². The van der Waals surface area contributed by atoms with E-state index in [0.29, 0.717) is 0 Å². The number of fused-ring (bicyclic) bond motifs is 1. The number of hydrogen-bond donors (Lipinski definition) is 1. The second-order valence-electron chi connectivity index (χ2n) is 5.86. The maximum absolute atomic E-state index is 12.1. The molecule has 4 rings (SSSR count). The first-order valence-corrected chi connectivity index (χ1v) is 8.61. The number of anilines is 1. The van der Waals surface area contributed by atoms with Gasteiger partial charge in [0.05, 0.1) is 4.88 Å². The standard InChI is InChI=1S/C16H18N4OS/c21-16(14-5-2-8-22-14)19-11-6-7-20(9-11)15-12-3-1-4-13(12)17-10-18-15/h2,5,8,10-11H,1,3-4,6-7,9H2,(H,19,21)/t11-/m1/s1. The van der Waals surface area contributed by atoms with Crippen LogP contribution in [0.4, 0.5) is 5.82 Å². The highest BCUT2D eigenvalue weighted by Crippen LogP contribution is 2.29. The van der Waals surface area contributed by atoms with E-state index in [-0.39, 0.29) is 11.9 Å². The van der Waals surface area contributed by atoms with Crippen LogP contribution in [-0.2, 0) is 12.8 Å². The lowest BCUT2D eigenvalue weighted by atomic mass is 10.2. The lowest BCUT2D eigenvalue weighted by Crippen LogP contribution is -2.37. The number of aromatic nitrogens is 2. The van der Waals surface area contributed by atoms with Gasteiger partial charge in [-0.1, -0.05) is 6.07 Å². The molecule has 0 bridgehead atoms. The van der Waals surface area contributed by atoms with Crippen molar-refractivity contribution >= 4 is 23.1 Å². The molecule has 5 nitrogen and oxygen atoms in total. The smallest absolute Gasteiger partial charge is 0.261 e. The lowest BCUT2D eigenvalue weighted by Gasteiger charge is -2.20. The zero-order valence-corrected chi connectivity index (χ0v) is 13.1. The van der Waals surface area contributed by atoms with Crippen molar-refractivity contribution in [3.05, 3.63) is 40.0 Å². The van der Waals surface area contributed by atoms with Crippen LogP contribution in [0.25, 0.3) is 0 Å². The Kier molecular flexibility index (Phi) is 3.54. The van der Waals surface area contributed by atoms with Crippen LogP contribution in [0.1, 0.15) is 33.8 Å². The summed E-state index contributed by atoms with van der Waals surface area (Å²) in [6.45, 7) is 1.78. The van der Waals surface area contributed by atoms with E-state index in [1.54, 1.807) is 6.33 Å². The van der Waals surface area contributed by atoms with Crippen molar-refractivity contribution in [3.63, 3.8) is 0 Å². The largest absolute Gasteiger partial charge is 0.354 e. The van der Waals surface area contributed by atoms with Gasteiger partial charge in [-0.25, -0.2) is 9.97 Å². The Morgan fingerprint density at radius 1 is 1.36 bits per heavy atom. The van der Waals surface area contributed by atoms with E-state index in [9.17, 15) is 4.79 Å². The van der Waals surface area contributed by atoms with Gasteiger partial charge in [0.1, 0.15) is 12.1 Å². The Balaban J connectivity index is 1.45. The van der Waals surface area contributed by atoms with Crippen LogP contribution in [0.3, 0.4) is 0 Å². The summed E-state index contributed by atoms with van der Waals surface area (Å²) in [5.74, 6) is 1.12. The van der Waals surface area contributed by atoms with Gasteiger partial charge in [0, 0.05) is 30.4 Å². The number of hydrogen-bond acceptors (Lipinski definition) is 5. The third-order valence-corrected chi connectivity index (χ3v) is 5.29. The van der Waals surface area contributed by atoms with E-state index in [1.807, 2.05) is 17.5 Å². The topological polar surface area (TPSA) is 58.1 Å². The van der Waals surface area contributed by atoms with E-state index in [2.05, 4.69) is 20.2 Å². The number of nitrogens with one attached hydrogen (secondary N) is 1. The molecule has 1 atom stereocenters. The summed E-state index contributed by atoms with van der Waals surface area (Å²) in [4.78, 5) is 24.1. The number of rotatable bonds is 3. The molecule has 22 heavy (non-hydrogen) atoms. The maximum atomic E-state index is 12.1. The molecular weight excluding hydrogens is 296 g/mol. The quantitative estimate of drug-likeness (QED) is 0.942. The van der Waals surface area contributed by atoms with Crippen LogP contribution in [0.5, 0.6) is 0 Å². The normalized spacial score (nSPS) is 20.2.